The summed E-state index contributed by atoms with van der Waals surface area (Å²) in [6.45, 7) is 1.65. The van der Waals surface area contributed by atoms with E-state index in [9.17, 15) is 4.79 Å². The second-order valence-corrected chi connectivity index (χ2v) is 6.17. The molecule has 9 nitrogen and oxygen atoms in total. The molecule has 30 heavy (non-hydrogen) atoms. The van der Waals surface area contributed by atoms with E-state index >= 15 is 0 Å². The lowest BCUT2D eigenvalue weighted by Gasteiger charge is -2.05. The Labute approximate surface area is 174 Å². The topological polar surface area (TPSA) is 100 Å². The quantitative estimate of drug-likeness (QED) is 0.406. The number of ether oxygens (including phenoxy) is 3. The maximum absolute atomic E-state index is 12.2. The van der Waals surface area contributed by atoms with Gasteiger partial charge in [0.15, 0.2) is 0 Å². The van der Waals surface area contributed by atoms with Crippen molar-refractivity contribution in [3.63, 3.8) is 0 Å². The van der Waals surface area contributed by atoms with Gasteiger partial charge in [-0.1, -0.05) is 30.3 Å². The molecule has 1 N–H and O–H groups in total. The molecule has 0 aliphatic carbocycles. The van der Waals surface area contributed by atoms with Gasteiger partial charge >= 0.3 is 6.01 Å². The smallest absolute Gasteiger partial charge is 0.319 e. The monoisotopic (exact) mass is 409 g/mol. The fourth-order valence-electron chi connectivity index (χ4n) is 2.56. The Morgan fingerprint density at radius 1 is 1.17 bits per heavy atom. The lowest BCUT2D eigenvalue weighted by Crippen LogP contribution is -2.08. The first kappa shape index (κ1) is 21.0. The number of anilines is 1. The van der Waals surface area contributed by atoms with Gasteiger partial charge in [-0.05, 0) is 11.6 Å². The van der Waals surface area contributed by atoms with Crippen molar-refractivity contribution in [2.24, 2.45) is 0 Å². The third-order valence-corrected chi connectivity index (χ3v) is 4.03. The summed E-state index contributed by atoms with van der Waals surface area (Å²) in [5.74, 6) is 0.00183. The second-order valence-electron chi connectivity index (χ2n) is 6.17. The molecule has 0 spiro atoms. The summed E-state index contributed by atoms with van der Waals surface area (Å²) in [6, 6.07) is 10.2. The van der Waals surface area contributed by atoms with Gasteiger partial charge in [-0.25, -0.2) is 4.98 Å². The van der Waals surface area contributed by atoms with E-state index in [4.69, 9.17) is 14.2 Å². The highest BCUT2D eigenvalue weighted by molar-refractivity contribution is 6.01. The van der Waals surface area contributed by atoms with E-state index in [1.165, 1.54) is 26.5 Å². The molecule has 0 fully saturated rings. The van der Waals surface area contributed by atoms with E-state index in [-0.39, 0.29) is 11.9 Å². The molecule has 0 saturated carbocycles. The van der Waals surface area contributed by atoms with Crippen LogP contribution in [0, 0.1) is 0 Å². The first-order chi connectivity index (χ1) is 14.7. The van der Waals surface area contributed by atoms with Crippen molar-refractivity contribution < 1.29 is 19.0 Å². The summed E-state index contributed by atoms with van der Waals surface area (Å²) in [6.07, 6.45) is 7.78. The maximum Gasteiger partial charge on any atom is 0.319 e. The van der Waals surface area contributed by atoms with Gasteiger partial charge < -0.3 is 19.5 Å². The van der Waals surface area contributed by atoms with E-state index < -0.39 is 0 Å². The average molecular weight is 409 g/mol. The number of carbonyl (C=O) groups is 1. The zero-order valence-electron chi connectivity index (χ0n) is 16.8. The third-order valence-electron chi connectivity index (χ3n) is 4.03. The molecule has 0 bridgehead atoms. The van der Waals surface area contributed by atoms with Crippen LogP contribution >= 0.6 is 0 Å². The number of amides is 1. The lowest BCUT2D eigenvalue weighted by molar-refractivity contribution is -0.111. The van der Waals surface area contributed by atoms with Crippen LogP contribution in [0.3, 0.4) is 0 Å². The summed E-state index contributed by atoms with van der Waals surface area (Å²) in [4.78, 5) is 20.2. The van der Waals surface area contributed by atoms with Crippen LogP contribution in [0.5, 0.6) is 11.9 Å². The van der Waals surface area contributed by atoms with E-state index in [2.05, 4.69) is 20.4 Å². The fourth-order valence-corrected chi connectivity index (χ4v) is 2.56. The highest BCUT2D eigenvalue weighted by atomic mass is 16.5. The zero-order chi connectivity index (χ0) is 21.2. The van der Waals surface area contributed by atoms with Crippen molar-refractivity contribution in [1.29, 1.82) is 0 Å². The van der Waals surface area contributed by atoms with Gasteiger partial charge in [0.25, 0.3) is 0 Å². The zero-order valence-corrected chi connectivity index (χ0v) is 16.8. The van der Waals surface area contributed by atoms with Crippen molar-refractivity contribution >= 4 is 17.7 Å². The summed E-state index contributed by atoms with van der Waals surface area (Å²) in [7, 11) is 2.95. The molecule has 9 heteroatoms. The standard InChI is InChI=1S/C21H23N5O4/c1-28-20-17(12-22-21(25-20)29-2)8-9-19(27)24-18-13-23-26(14-18)10-11-30-15-16-6-4-3-5-7-16/h3-9,12-14H,10-11,15H2,1-2H3,(H,24,27)/b9-8+. The maximum atomic E-state index is 12.2. The molecule has 1 aromatic carbocycles. The Hall–Kier alpha value is -3.72. The highest BCUT2D eigenvalue weighted by Crippen LogP contribution is 2.18. The van der Waals surface area contributed by atoms with Crippen LogP contribution in [0.4, 0.5) is 5.69 Å². The van der Waals surface area contributed by atoms with Gasteiger partial charge in [-0.3, -0.25) is 9.48 Å². The van der Waals surface area contributed by atoms with Crippen molar-refractivity contribution in [1.82, 2.24) is 19.7 Å². The molecule has 0 radical (unpaired) electrons. The summed E-state index contributed by atoms with van der Waals surface area (Å²) in [5.41, 5.74) is 2.27. The molecule has 2 aromatic heterocycles. The van der Waals surface area contributed by atoms with Crippen LogP contribution in [0.15, 0.2) is 55.0 Å². The Balaban J connectivity index is 1.47. The van der Waals surface area contributed by atoms with Gasteiger partial charge in [0, 0.05) is 18.5 Å². The van der Waals surface area contributed by atoms with Gasteiger partial charge in [0.2, 0.25) is 11.8 Å². The number of benzene rings is 1. The summed E-state index contributed by atoms with van der Waals surface area (Å²) >= 11 is 0. The van der Waals surface area contributed by atoms with Gasteiger partial charge in [-0.15, -0.1) is 0 Å². The van der Waals surface area contributed by atoms with Gasteiger partial charge in [0.1, 0.15) is 0 Å². The molecule has 0 unspecified atom stereocenters. The Morgan fingerprint density at radius 2 is 2.00 bits per heavy atom. The fraction of sp³-hybridized carbons (Fsp3) is 0.238. The van der Waals surface area contributed by atoms with Crippen LogP contribution in [-0.2, 0) is 22.7 Å². The predicted molar refractivity (Wildman–Crippen MR) is 111 cm³/mol. The minimum Gasteiger partial charge on any atom is -0.480 e. The molecule has 3 rings (SSSR count). The molecule has 0 aliphatic heterocycles. The van der Waals surface area contributed by atoms with Crippen molar-refractivity contribution in [2.75, 3.05) is 26.1 Å². The molecule has 0 saturated heterocycles. The molecule has 0 atom stereocenters. The van der Waals surface area contributed by atoms with E-state index in [0.29, 0.717) is 36.9 Å². The minimum atomic E-state index is -0.312. The van der Waals surface area contributed by atoms with Gasteiger partial charge in [0.05, 0.1) is 51.4 Å². The van der Waals surface area contributed by atoms with E-state index in [0.717, 1.165) is 5.56 Å². The molecule has 1 amide bonds. The largest absolute Gasteiger partial charge is 0.480 e. The number of hydrogen-bond donors (Lipinski definition) is 1. The molecule has 2 heterocycles. The number of hydrogen-bond acceptors (Lipinski definition) is 7. The molecule has 0 aliphatic rings. The number of nitrogens with zero attached hydrogens (tertiary/aromatic N) is 4. The van der Waals surface area contributed by atoms with Crippen molar-refractivity contribution in [2.45, 2.75) is 13.2 Å². The minimum absolute atomic E-state index is 0.189. The van der Waals surface area contributed by atoms with Crippen molar-refractivity contribution in [3.05, 3.63) is 66.1 Å². The Morgan fingerprint density at radius 3 is 2.77 bits per heavy atom. The van der Waals surface area contributed by atoms with Crippen LogP contribution in [0.25, 0.3) is 6.08 Å². The van der Waals surface area contributed by atoms with E-state index in [1.807, 2.05) is 30.3 Å². The van der Waals surface area contributed by atoms with Crippen LogP contribution in [0.1, 0.15) is 11.1 Å². The summed E-state index contributed by atoms with van der Waals surface area (Å²) in [5, 5.41) is 6.98. The normalized spacial score (nSPS) is 10.9. The first-order valence-electron chi connectivity index (χ1n) is 9.26. The molecular weight excluding hydrogens is 386 g/mol. The first-order valence-corrected chi connectivity index (χ1v) is 9.26. The molecule has 3 aromatic rings. The molecular formula is C21H23N5O4. The number of carbonyl (C=O) groups excluding carboxylic acids is 1. The van der Waals surface area contributed by atoms with Crippen LogP contribution in [-0.4, -0.2) is 46.5 Å². The molecule has 156 valence electrons. The summed E-state index contributed by atoms with van der Waals surface area (Å²) < 4.78 is 17.5. The highest BCUT2D eigenvalue weighted by Gasteiger charge is 2.07. The Kier molecular flexibility index (Phi) is 7.51. The number of nitrogens with one attached hydrogen (secondary N) is 1. The Bertz CT molecular complexity index is 988. The number of aromatic nitrogens is 4. The van der Waals surface area contributed by atoms with Crippen LogP contribution < -0.4 is 14.8 Å². The number of methoxy groups -OCH3 is 2. The predicted octanol–water partition coefficient (Wildman–Crippen LogP) is 2.56. The van der Waals surface area contributed by atoms with E-state index in [1.54, 1.807) is 23.2 Å². The average Bonchev–Trinajstić information content (AvgIpc) is 3.23. The second kappa shape index (κ2) is 10.7. The van der Waals surface area contributed by atoms with Crippen molar-refractivity contribution in [3.8, 4) is 11.9 Å². The number of rotatable bonds is 10. The lowest BCUT2D eigenvalue weighted by atomic mass is 10.2. The van der Waals surface area contributed by atoms with Crippen LogP contribution in [0.2, 0.25) is 0 Å². The van der Waals surface area contributed by atoms with Gasteiger partial charge in [-0.2, -0.15) is 10.1 Å². The SMILES string of the molecule is COc1ncc(/C=C/C(=O)Nc2cnn(CCOCc3ccccc3)c2)c(OC)n1. The third kappa shape index (κ3) is 6.14.